The lowest BCUT2D eigenvalue weighted by Gasteiger charge is -2.06. The highest BCUT2D eigenvalue weighted by Gasteiger charge is 2.04. The summed E-state index contributed by atoms with van der Waals surface area (Å²) in [6, 6.07) is 11.0. The van der Waals surface area contributed by atoms with Crippen molar-refractivity contribution in [2.45, 2.75) is 17.6 Å². The molecule has 1 amide bonds. The SMILES string of the molecule is CC(=O)Nc1ccc(SCc2nc(Cl)ccc2Cl)cc1. The zero-order chi connectivity index (χ0) is 14.5. The third-order valence-electron chi connectivity index (χ3n) is 2.43. The van der Waals surface area contributed by atoms with Gasteiger partial charge >= 0.3 is 0 Å². The minimum atomic E-state index is -0.0830. The summed E-state index contributed by atoms with van der Waals surface area (Å²) in [5, 5.41) is 3.77. The number of carbonyl (C=O) groups is 1. The number of hydrogen-bond donors (Lipinski definition) is 1. The first-order chi connectivity index (χ1) is 9.54. The number of amides is 1. The predicted octanol–water partition coefficient (Wildman–Crippen LogP) is 4.64. The van der Waals surface area contributed by atoms with Gasteiger partial charge in [-0.05, 0) is 36.4 Å². The van der Waals surface area contributed by atoms with Gasteiger partial charge in [-0.3, -0.25) is 4.79 Å². The zero-order valence-electron chi connectivity index (χ0n) is 10.7. The molecule has 2 aromatic rings. The Morgan fingerprint density at radius 3 is 2.55 bits per heavy atom. The monoisotopic (exact) mass is 326 g/mol. The maximum absolute atomic E-state index is 10.9. The fraction of sp³-hybridized carbons (Fsp3) is 0.143. The molecule has 20 heavy (non-hydrogen) atoms. The fourth-order valence-electron chi connectivity index (χ4n) is 1.55. The van der Waals surface area contributed by atoms with Crippen molar-refractivity contribution in [3.05, 3.63) is 52.3 Å². The van der Waals surface area contributed by atoms with Gasteiger partial charge < -0.3 is 5.32 Å². The van der Waals surface area contributed by atoms with E-state index in [2.05, 4.69) is 10.3 Å². The number of rotatable bonds is 4. The van der Waals surface area contributed by atoms with Gasteiger partial charge in [0.15, 0.2) is 0 Å². The van der Waals surface area contributed by atoms with Crippen molar-refractivity contribution in [1.82, 2.24) is 4.98 Å². The summed E-state index contributed by atoms with van der Waals surface area (Å²) in [6.07, 6.45) is 0. The van der Waals surface area contributed by atoms with Crippen LogP contribution in [-0.2, 0) is 10.5 Å². The standard InChI is InChI=1S/C14H12Cl2N2OS/c1-9(19)17-10-2-4-11(5-3-10)20-8-13-12(15)6-7-14(16)18-13/h2-7H,8H2,1H3,(H,17,19). The highest BCUT2D eigenvalue weighted by molar-refractivity contribution is 7.98. The molecular formula is C14H12Cl2N2OS. The second kappa shape index (κ2) is 6.97. The molecule has 0 saturated heterocycles. The van der Waals surface area contributed by atoms with Gasteiger partial charge in [0.25, 0.3) is 0 Å². The highest BCUT2D eigenvalue weighted by Crippen LogP contribution is 2.27. The highest BCUT2D eigenvalue weighted by atomic mass is 35.5. The summed E-state index contributed by atoms with van der Waals surface area (Å²) in [7, 11) is 0. The molecule has 1 aromatic heterocycles. The number of hydrogen-bond acceptors (Lipinski definition) is 3. The molecule has 1 aromatic carbocycles. The molecule has 0 atom stereocenters. The second-order valence-corrected chi connectivity index (χ2v) is 5.90. The molecule has 1 N–H and O–H groups in total. The number of thioether (sulfide) groups is 1. The van der Waals surface area contributed by atoms with Crippen LogP contribution in [0.25, 0.3) is 0 Å². The minimum Gasteiger partial charge on any atom is -0.326 e. The summed E-state index contributed by atoms with van der Waals surface area (Å²) in [6.45, 7) is 1.48. The molecule has 0 saturated carbocycles. The Morgan fingerprint density at radius 2 is 1.90 bits per heavy atom. The molecule has 1 heterocycles. The van der Waals surface area contributed by atoms with Crippen LogP contribution in [0.2, 0.25) is 10.2 Å². The lowest BCUT2D eigenvalue weighted by Crippen LogP contribution is -2.05. The van der Waals surface area contributed by atoms with Crippen LogP contribution >= 0.6 is 35.0 Å². The van der Waals surface area contributed by atoms with Gasteiger partial charge in [0.1, 0.15) is 5.15 Å². The third-order valence-corrected chi connectivity index (χ3v) is 4.01. The maximum Gasteiger partial charge on any atom is 0.221 e. The summed E-state index contributed by atoms with van der Waals surface area (Å²) >= 11 is 13.5. The van der Waals surface area contributed by atoms with Crippen LogP contribution in [0.1, 0.15) is 12.6 Å². The zero-order valence-corrected chi connectivity index (χ0v) is 13.0. The molecule has 0 bridgehead atoms. The number of anilines is 1. The summed E-state index contributed by atoms with van der Waals surface area (Å²) in [5.74, 6) is 0.555. The van der Waals surface area contributed by atoms with Crippen LogP contribution in [0.4, 0.5) is 5.69 Å². The molecule has 0 spiro atoms. The van der Waals surface area contributed by atoms with Crippen molar-refractivity contribution in [2.75, 3.05) is 5.32 Å². The number of carbonyl (C=O) groups excluding carboxylic acids is 1. The van der Waals surface area contributed by atoms with Gasteiger partial charge in [0, 0.05) is 23.3 Å². The van der Waals surface area contributed by atoms with Gasteiger partial charge in [-0.15, -0.1) is 11.8 Å². The molecule has 0 aliphatic carbocycles. The van der Waals surface area contributed by atoms with Crippen LogP contribution in [0.3, 0.4) is 0 Å². The molecule has 104 valence electrons. The van der Waals surface area contributed by atoms with E-state index in [9.17, 15) is 4.79 Å². The minimum absolute atomic E-state index is 0.0830. The van der Waals surface area contributed by atoms with E-state index in [0.717, 1.165) is 16.3 Å². The van der Waals surface area contributed by atoms with Crippen molar-refractivity contribution >= 4 is 46.6 Å². The Hall–Kier alpha value is -1.23. The maximum atomic E-state index is 10.9. The summed E-state index contributed by atoms with van der Waals surface area (Å²) < 4.78 is 0. The van der Waals surface area contributed by atoms with E-state index in [0.29, 0.717) is 15.9 Å². The van der Waals surface area contributed by atoms with Crippen molar-refractivity contribution < 1.29 is 4.79 Å². The fourth-order valence-corrected chi connectivity index (χ4v) is 2.82. The molecule has 0 unspecified atom stereocenters. The van der Waals surface area contributed by atoms with Gasteiger partial charge in [-0.25, -0.2) is 4.98 Å². The number of benzene rings is 1. The molecule has 0 aliphatic heterocycles. The van der Waals surface area contributed by atoms with Gasteiger partial charge in [0.05, 0.1) is 10.7 Å². The van der Waals surface area contributed by atoms with Crippen LogP contribution in [0.15, 0.2) is 41.3 Å². The van der Waals surface area contributed by atoms with Crippen LogP contribution < -0.4 is 5.32 Å². The second-order valence-electron chi connectivity index (χ2n) is 4.06. The van der Waals surface area contributed by atoms with E-state index in [1.807, 2.05) is 24.3 Å². The largest absolute Gasteiger partial charge is 0.326 e. The average Bonchev–Trinajstić information content (AvgIpc) is 2.41. The number of nitrogens with zero attached hydrogens (tertiary/aromatic N) is 1. The molecule has 6 heteroatoms. The third kappa shape index (κ3) is 4.40. The number of nitrogens with one attached hydrogen (secondary N) is 1. The van der Waals surface area contributed by atoms with E-state index < -0.39 is 0 Å². The first-order valence-corrected chi connectivity index (χ1v) is 7.60. The van der Waals surface area contributed by atoms with Crippen LogP contribution in [0, 0.1) is 0 Å². The Labute approximate surface area is 131 Å². The lowest BCUT2D eigenvalue weighted by atomic mass is 10.3. The smallest absolute Gasteiger partial charge is 0.221 e. The predicted molar refractivity (Wildman–Crippen MR) is 84.6 cm³/mol. The summed E-state index contributed by atoms with van der Waals surface area (Å²) in [5.41, 5.74) is 1.54. The van der Waals surface area contributed by atoms with E-state index in [-0.39, 0.29) is 5.91 Å². The van der Waals surface area contributed by atoms with Crippen molar-refractivity contribution in [3.8, 4) is 0 Å². The van der Waals surface area contributed by atoms with Gasteiger partial charge in [-0.2, -0.15) is 0 Å². The molecule has 2 rings (SSSR count). The summed E-state index contributed by atoms with van der Waals surface area (Å²) in [4.78, 5) is 16.2. The first-order valence-electron chi connectivity index (χ1n) is 5.86. The van der Waals surface area contributed by atoms with E-state index >= 15 is 0 Å². The van der Waals surface area contributed by atoms with E-state index in [1.54, 1.807) is 23.9 Å². The van der Waals surface area contributed by atoms with Crippen molar-refractivity contribution in [3.63, 3.8) is 0 Å². The normalized spacial score (nSPS) is 10.3. The lowest BCUT2D eigenvalue weighted by molar-refractivity contribution is -0.114. The first kappa shape index (κ1) is 15.2. The topological polar surface area (TPSA) is 42.0 Å². The number of halogens is 2. The Morgan fingerprint density at radius 1 is 1.20 bits per heavy atom. The molecule has 0 aliphatic rings. The van der Waals surface area contributed by atoms with E-state index in [1.165, 1.54) is 6.92 Å². The Bertz CT molecular complexity index is 617. The van der Waals surface area contributed by atoms with Crippen LogP contribution in [-0.4, -0.2) is 10.9 Å². The molecule has 0 radical (unpaired) electrons. The molecule has 3 nitrogen and oxygen atoms in total. The molecular weight excluding hydrogens is 315 g/mol. The van der Waals surface area contributed by atoms with Crippen LogP contribution in [0.5, 0.6) is 0 Å². The van der Waals surface area contributed by atoms with Crippen molar-refractivity contribution in [1.29, 1.82) is 0 Å². The van der Waals surface area contributed by atoms with E-state index in [4.69, 9.17) is 23.2 Å². The van der Waals surface area contributed by atoms with Gasteiger partial charge in [-0.1, -0.05) is 23.2 Å². The number of pyridine rings is 1. The quantitative estimate of drug-likeness (QED) is 0.657. The Kier molecular flexibility index (Phi) is 5.29. The molecule has 0 fully saturated rings. The number of aromatic nitrogens is 1. The van der Waals surface area contributed by atoms with Crippen molar-refractivity contribution in [2.24, 2.45) is 0 Å². The Balaban J connectivity index is 2.00. The van der Waals surface area contributed by atoms with Gasteiger partial charge in [0.2, 0.25) is 5.91 Å². The average molecular weight is 327 g/mol.